The molecule has 0 spiro atoms. The molecule has 2 aromatic carbocycles. The number of carbonyl (C=O) groups is 3. The van der Waals surface area contributed by atoms with Gasteiger partial charge in [-0.3, -0.25) is 19.7 Å². The minimum Gasteiger partial charge on any atom is -0.453 e. The lowest BCUT2D eigenvalue weighted by atomic mass is 9.95. The molecular formula is C40H47N5O5. The van der Waals surface area contributed by atoms with E-state index in [1.165, 1.54) is 7.11 Å². The van der Waals surface area contributed by atoms with Crippen LogP contribution in [-0.4, -0.2) is 82.7 Å². The smallest absolute Gasteiger partial charge is 0.410 e. The summed E-state index contributed by atoms with van der Waals surface area (Å²) in [4.78, 5) is 51.7. The monoisotopic (exact) mass is 677 g/mol. The molecule has 4 atom stereocenters. The summed E-state index contributed by atoms with van der Waals surface area (Å²) in [6.45, 7) is 6.39. The van der Waals surface area contributed by atoms with Crippen LogP contribution in [-0.2, 0) is 14.3 Å². The summed E-state index contributed by atoms with van der Waals surface area (Å²) in [5, 5.41) is 2.75. The molecule has 10 heteroatoms. The zero-order chi connectivity index (χ0) is 35.0. The van der Waals surface area contributed by atoms with Crippen LogP contribution in [0, 0.1) is 0 Å². The van der Waals surface area contributed by atoms with Crippen molar-refractivity contribution in [2.24, 2.45) is 9.98 Å². The topological polar surface area (TPSA) is 113 Å². The molecule has 50 heavy (non-hydrogen) atoms. The Kier molecular flexibility index (Phi) is 9.37. The lowest BCUT2D eigenvalue weighted by Gasteiger charge is -2.31. The van der Waals surface area contributed by atoms with Crippen molar-refractivity contribution < 1.29 is 23.9 Å². The van der Waals surface area contributed by atoms with Gasteiger partial charge in [-0.1, -0.05) is 48.5 Å². The van der Waals surface area contributed by atoms with Crippen molar-refractivity contribution in [1.82, 2.24) is 15.1 Å². The minimum absolute atomic E-state index is 0.0116. The first-order valence-electron chi connectivity index (χ1n) is 18.0. The van der Waals surface area contributed by atoms with Crippen LogP contribution in [0.15, 0.2) is 70.9 Å². The highest BCUT2D eigenvalue weighted by Gasteiger charge is 2.44. The first kappa shape index (κ1) is 33.8. The van der Waals surface area contributed by atoms with E-state index in [0.29, 0.717) is 19.4 Å². The molecule has 0 aliphatic carbocycles. The summed E-state index contributed by atoms with van der Waals surface area (Å²) in [7, 11) is 1.32. The number of benzene rings is 2. The van der Waals surface area contributed by atoms with Crippen molar-refractivity contribution in [2.45, 2.75) is 108 Å². The third-order valence-electron chi connectivity index (χ3n) is 10.6. The average molecular weight is 678 g/mol. The number of amides is 3. The molecule has 0 bridgehead atoms. The average Bonchev–Trinajstić information content (AvgIpc) is 3.92. The summed E-state index contributed by atoms with van der Waals surface area (Å²) < 4.78 is 10.4. The Balaban J connectivity index is 0.949. The molecule has 10 nitrogen and oxygen atoms in total. The van der Waals surface area contributed by atoms with Gasteiger partial charge >= 0.3 is 12.2 Å². The summed E-state index contributed by atoms with van der Waals surface area (Å²) in [5.41, 5.74) is 8.36. The Labute approximate surface area is 294 Å². The number of rotatable bonds is 6. The van der Waals surface area contributed by atoms with E-state index in [9.17, 15) is 14.4 Å². The molecular weight excluding hydrogens is 630 g/mol. The third-order valence-corrected chi connectivity index (χ3v) is 10.6. The van der Waals surface area contributed by atoms with Crippen molar-refractivity contribution in [3.8, 4) is 11.1 Å². The quantitative estimate of drug-likeness (QED) is 0.343. The molecule has 5 aliphatic rings. The maximum atomic E-state index is 13.6. The van der Waals surface area contributed by atoms with Crippen LogP contribution >= 0.6 is 0 Å². The molecule has 1 N–H and O–H groups in total. The van der Waals surface area contributed by atoms with E-state index in [2.05, 4.69) is 53.8 Å². The predicted molar refractivity (Wildman–Crippen MR) is 195 cm³/mol. The van der Waals surface area contributed by atoms with Crippen molar-refractivity contribution >= 4 is 40.7 Å². The minimum atomic E-state index is -0.567. The number of likely N-dealkylation sites (tertiary alicyclic amines) is 1. The standard InChI is InChI=1S/C40H47N5O5/c1-40(2,3)50-39(48)44-20-6-9-35(44)33-21-29(23-41-33)27-14-10-25(11-15-27)26-12-16-28(17-13-26)30-22-34(42-24-30)36-19-18-31-7-5-8-32(37(46)45(31)36)43-38(47)49-4/h10-17,23-24,31-32,35-36H,5-9,18-22H2,1-4H3,(H,43,47)/t31-,32+,35+,36+/m1/s1. The van der Waals surface area contributed by atoms with Crippen molar-refractivity contribution in [1.29, 1.82) is 0 Å². The zero-order valence-corrected chi connectivity index (χ0v) is 29.5. The molecule has 3 fully saturated rings. The van der Waals surface area contributed by atoms with Gasteiger partial charge in [0.1, 0.15) is 11.6 Å². The van der Waals surface area contributed by atoms with Crippen LogP contribution in [0.4, 0.5) is 9.59 Å². The SMILES string of the molecule is COC(=O)N[C@H]1CCC[C@@H]2CC[C@@H](C3=NC=C(c4ccc(-c5ccc(C6=CN=C([C@@H]7CCCN7C(=O)OC(C)(C)C)C6)cc5)cc4)C3)N2C1=O. The largest absolute Gasteiger partial charge is 0.453 e. The van der Waals surface area contributed by atoms with Gasteiger partial charge in [-0.05, 0) is 99.1 Å². The highest BCUT2D eigenvalue weighted by molar-refractivity contribution is 6.04. The molecule has 5 aliphatic heterocycles. The Morgan fingerprint density at radius 2 is 1.34 bits per heavy atom. The number of aliphatic imine (C=N–C) groups is 2. The number of nitrogens with zero attached hydrogens (tertiary/aromatic N) is 4. The van der Waals surface area contributed by atoms with Crippen LogP contribution < -0.4 is 5.32 Å². The Morgan fingerprint density at radius 3 is 1.92 bits per heavy atom. The molecule has 5 heterocycles. The fraction of sp³-hybridized carbons (Fsp3) is 0.475. The fourth-order valence-electron chi connectivity index (χ4n) is 8.08. The van der Waals surface area contributed by atoms with Crippen molar-refractivity contribution in [3.05, 3.63) is 72.1 Å². The van der Waals surface area contributed by atoms with E-state index >= 15 is 0 Å². The molecule has 2 aromatic rings. The van der Waals surface area contributed by atoms with Gasteiger partial charge in [0.05, 0.1) is 19.2 Å². The van der Waals surface area contributed by atoms with Gasteiger partial charge in [0.25, 0.3) is 0 Å². The van der Waals surface area contributed by atoms with Gasteiger partial charge in [-0.15, -0.1) is 0 Å². The second-order valence-corrected chi connectivity index (χ2v) is 15.0. The van der Waals surface area contributed by atoms with Crippen LogP contribution in [0.2, 0.25) is 0 Å². The Bertz CT molecular complexity index is 1770. The molecule has 3 saturated heterocycles. The maximum Gasteiger partial charge on any atom is 0.410 e. The predicted octanol–water partition coefficient (Wildman–Crippen LogP) is 7.39. The summed E-state index contributed by atoms with van der Waals surface area (Å²) in [6.07, 6.45) is 10.7. The summed E-state index contributed by atoms with van der Waals surface area (Å²) >= 11 is 0. The number of fused-ring (bicyclic) bond motifs is 1. The number of nitrogens with one attached hydrogen (secondary N) is 1. The molecule has 0 aromatic heterocycles. The highest BCUT2D eigenvalue weighted by atomic mass is 16.6. The second kappa shape index (κ2) is 13.9. The lowest BCUT2D eigenvalue weighted by Crippen LogP contribution is -2.52. The first-order valence-corrected chi connectivity index (χ1v) is 18.0. The molecule has 262 valence electrons. The van der Waals surface area contributed by atoms with E-state index in [0.717, 1.165) is 89.8 Å². The maximum absolute atomic E-state index is 13.6. The number of alkyl carbamates (subject to hydrolysis) is 1. The number of hydrogen-bond donors (Lipinski definition) is 1. The molecule has 0 radical (unpaired) electrons. The Morgan fingerprint density at radius 1 is 0.760 bits per heavy atom. The van der Waals surface area contributed by atoms with Crippen LogP contribution in [0.5, 0.6) is 0 Å². The number of ether oxygens (including phenoxy) is 2. The van der Waals surface area contributed by atoms with E-state index in [-0.39, 0.29) is 30.1 Å². The van der Waals surface area contributed by atoms with Crippen LogP contribution in [0.1, 0.15) is 89.7 Å². The molecule has 7 rings (SSSR count). The van der Waals surface area contributed by atoms with Crippen LogP contribution in [0.3, 0.4) is 0 Å². The van der Waals surface area contributed by atoms with Gasteiger partial charge in [0, 0.05) is 49.3 Å². The number of allylic oxidation sites excluding steroid dienone is 2. The number of hydrogen-bond acceptors (Lipinski definition) is 7. The van der Waals surface area contributed by atoms with Crippen molar-refractivity contribution in [2.75, 3.05) is 13.7 Å². The number of methoxy groups -OCH3 is 1. The summed E-state index contributed by atoms with van der Waals surface area (Å²) in [6, 6.07) is 16.8. The zero-order valence-electron chi connectivity index (χ0n) is 29.5. The fourth-order valence-corrected chi connectivity index (χ4v) is 8.08. The normalized spacial score (nSPS) is 25.0. The van der Waals surface area contributed by atoms with Gasteiger partial charge in [0.15, 0.2) is 0 Å². The van der Waals surface area contributed by atoms with Gasteiger partial charge in [-0.25, -0.2) is 9.59 Å². The van der Waals surface area contributed by atoms with E-state index < -0.39 is 17.7 Å². The molecule has 3 amide bonds. The number of carbonyl (C=O) groups excluding carboxylic acids is 3. The van der Waals surface area contributed by atoms with E-state index in [1.54, 1.807) is 0 Å². The Hall–Kier alpha value is -4.73. The summed E-state index contributed by atoms with van der Waals surface area (Å²) in [5.74, 6) is -0.0252. The van der Waals surface area contributed by atoms with E-state index in [1.807, 2.05) is 43.0 Å². The third kappa shape index (κ3) is 6.98. The molecule has 0 saturated carbocycles. The second-order valence-electron chi connectivity index (χ2n) is 15.0. The lowest BCUT2D eigenvalue weighted by molar-refractivity contribution is -0.134. The first-order chi connectivity index (χ1) is 24.1. The van der Waals surface area contributed by atoms with Crippen molar-refractivity contribution in [3.63, 3.8) is 0 Å². The van der Waals surface area contributed by atoms with Gasteiger partial charge in [-0.2, -0.15) is 0 Å². The molecule has 0 unspecified atom stereocenters. The van der Waals surface area contributed by atoms with E-state index in [4.69, 9.17) is 19.5 Å². The van der Waals surface area contributed by atoms with Gasteiger partial charge in [0.2, 0.25) is 5.91 Å². The van der Waals surface area contributed by atoms with Crippen LogP contribution in [0.25, 0.3) is 22.3 Å². The van der Waals surface area contributed by atoms with Gasteiger partial charge < -0.3 is 19.7 Å². The highest BCUT2D eigenvalue weighted by Crippen LogP contribution is 2.37.